The van der Waals surface area contributed by atoms with Gasteiger partial charge in [-0.15, -0.1) is 0 Å². The molecule has 0 aliphatic heterocycles. The third kappa shape index (κ3) is 4.35. The second-order valence-electron chi connectivity index (χ2n) is 4.04. The maximum atomic E-state index is 9.76. The molecule has 98 valence electrons. The van der Waals surface area contributed by atoms with Crippen molar-refractivity contribution in [1.29, 1.82) is 0 Å². The van der Waals surface area contributed by atoms with Gasteiger partial charge in [0.1, 0.15) is 0 Å². The minimum absolute atomic E-state index is 0.336. The van der Waals surface area contributed by atoms with Crippen LogP contribution < -0.4 is 0 Å². The molecular weight excluding hydrogens is 234 g/mol. The van der Waals surface area contributed by atoms with E-state index in [0.29, 0.717) is 12.8 Å². The molecule has 0 spiro atoms. The fraction of sp³-hybridized carbons (Fsp3) is 0.500. The number of nitrogens with zero attached hydrogens (tertiary/aromatic N) is 3. The van der Waals surface area contributed by atoms with Crippen LogP contribution in [0.4, 0.5) is 0 Å². The van der Waals surface area contributed by atoms with Gasteiger partial charge in [-0.2, -0.15) is 0 Å². The van der Waals surface area contributed by atoms with Gasteiger partial charge < -0.3 is 15.3 Å². The van der Waals surface area contributed by atoms with Gasteiger partial charge in [-0.1, -0.05) is 35.4 Å². The van der Waals surface area contributed by atoms with Crippen LogP contribution in [0, 0.1) is 0 Å². The maximum Gasteiger partial charge on any atom is 0.0906 e. The smallest absolute Gasteiger partial charge is 0.0906 e. The summed E-state index contributed by atoms with van der Waals surface area (Å²) in [5.74, 6) is 0. The molecule has 3 atom stereocenters. The zero-order chi connectivity index (χ0) is 13.4. The Labute approximate surface area is 105 Å². The molecule has 3 N–H and O–H groups in total. The van der Waals surface area contributed by atoms with Crippen LogP contribution in [0.2, 0.25) is 0 Å². The molecule has 0 saturated carbocycles. The average Bonchev–Trinajstić information content (AvgIpc) is 2.42. The van der Waals surface area contributed by atoms with Crippen LogP contribution in [0.5, 0.6) is 0 Å². The molecule has 6 nitrogen and oxygen atoms in total. The number of aliphatic hydroxyl groups is 3. The minimum Gasteiger partial charge on any atom is -0.396 e. The monoisotopic (exact) mass is 251 g/mol. The number of benzene rings is 1. The molecule has 0 aliphatic carbocycles. The van der Waals surface area contributed by atoms with Crippen LogP contribution >= 0.6 is 0 Å². The molecule has 0 heterocycles. The highest BCUT2D eigenvalue weighted by molar-refractivity contribution is 5.14. The molecule has 1 aromatic rings. The summed E-state index contributed by atoms with van der Waals surface area (Å²) in [5, 5.41) is 31.6. The molecule has 0 amide bonds. The van der Waals surface area contributed by atoms with Gasteiger partial charge in [0, 0.05) is 4.91 Å². The number of rotatable bonds is 7. The lowest BCUT2D eigenvalue weighted by molar-refractivity contribution is -0.0106. The van der Waals surface area contributed by atoms with E-state index in [0.717, 1.165) is 5.56 Å². The topological polar surface area (TPSA) is 109 Å². The van der Waals surface area contributed by atoms with Crippen molar-refractivity contribution in [2.75, 3.05) is 6.61 Å². The van der Waals surface area contributed by atoms with Crippen molar-refractivity contribution in [3.63, 3.8) is 0 Å². The van der Waals surface area contributed by atoms with Crippen molar-refractivity contribution in [2.24, 2.45) is 5.11 Å². The molecule has 1 unspecified atom stereocenters. The molecule has 0 bridgehead atoms. The molecule has 6 heteroatoms. The van der Waals surface area contributed by atoms with E-state index in [-0.39, 0.29) is 0 Å². The summed E-state index contributed by atoms with van der Waals surface area (Å²) in [4.78, 5) is 2.52. The average molecular weight is 251 g/mol. The first-order chi connectivity index (χ1) is 8.69. The van der Waals surface area contributed by atoms with E-state index in [9.17, 15) is 10.2 Å². The van der Waals surface area contributed by atoms with Gasteiger partial charge in [0.25, 0.3) is 0 Å². The molecule has 0 aliphatic rings. The van der Waals surface area contributed by atoms with Gasteiger partial charge in [-0.05, 0) is 23.9 Å². The van der Waals surface area contributed by atoms with Crippen LogP contribution in [0.3, 0.4) is 0 Å². The van der Waals surface area contributed by atoms with Crippen LogP contribution in [0.25, 0.3) is 10.4 Å². The lowest BCUT2D eigenvalue weighted by Gasteiger charge is -2.21. The number of hydrogen-bond acceptors (Lipinski definition) is 4. The fourth-order valence-electron chi connectivity index (χ4n) is 1.67. The molecule has 1 rings (SSSR count). The molecule has 0 fully saturated rings. The number of hydrogen-bond donors (Lipinski definition) is 3. The predicted molar refractivity (Wildman–Crippen MR) is 66.8 cm³/mol. The van der Waals surface area contributed by atoms with E-state index < -0.39 is 24.9 Å². The summed E-state index contributed by atoms with van der Waals surface area (Å²) in [7, 11) is 0. The van der Waals surface area contributed by atoms with Crippen molar-refractivity contribution >= 4 is 0 Å². The van der Waals surface area contributed by atoms with Crippen LogP contribution in [0.15, 0.2) is 35.4 Å². The Kier molecular flexibility index (Phi) is 6.18. The van der Waals surface area contributed by atoms with E-state index in [1.807, 2.05) is 30.3 Å². The number of azide groups is 1. The van der Waals surface area contributed by atoms with Crippen molar-refractivity contribution < 1.29 is 15.3 Å². The Hall–Kier alpha value is -1.59. The van der Waals surface area contributed by atoms with E-state index in [2.05, 4.69) is 10.0 Å². The molecule has 0 saturated heterocycles. The Morgan fingerprint density at radius 3 is 2.44 bits per heavy atom. The third-order valence-corrected chi connectivity index (χ3v) is 2.75. The Bertz CT molecular complexity index is 393. The summed E-state index contributed by atoms with van der Waals surface area (Å²) in [6, 6.07) is 8.54. The van der Waals surface area contributed by atoms with Gasteiger partial charge in [0.05, 0.1) is 24.9 Å². The highest BCUT2D eigenvalue weighted by Gasteiger charge is 2.24. The summed E-state index contributed by atoms with van der Waals surface area (Å²) in [6.45, 7) is -0.492. The van der Waals surface area contributed by atoms with Crippen LogP contribution in [-0.2, 0) is 6.42 Å². The lowest BCUT2D eigenvalue weighted by atomic mass is 10.00. The second-order valence-corrected chi connectivity index (χ2v) is 4.04. The molecular formula is C12H17N3O3. The largest absolute Gasteiger partial charge is 0.396 e. The third-order valence-electron chi connectivity index (χ3n) is 2.75. The minimum atomic E-state index is -1.25. The summed E-state index contributed by atoms with van der Waals surface area (Å²) in [5.41, 5.74) is 9.31. The standard InChI is InChI=1S/C12H17N3O3/c13-15-14-10(8-16)12(18)11(17)7-6-9-4-2-1-3-5-9/h1-5,10-12,16-18H,6-8H2/t10?,11-,12+/m1/s1. The predicted octanol–water partition coefficient (Wildman–Crippen LogP) is 1.01. The SMILES string of the molecule is [N-]=[N+]=NC(CO)[C@H](O)[C@H](O)CCc1ccccc1. The lowest BCUT2D eigenvalue weighted by Crippen LogP contribution is -2.38. The Morgan fingerprint density at radius 2 is 1.89 bits per heavy atom. The zero-order valence-electron chi connectivity index (χ0n) is 9.92. The molecule has 0 aromatic heterocycles. The van der Waals surface area contributed by atoms with Crippen molar-refractivity contribution in [1.82, 2.24) is 0 Å². The van der Waals surface area contributed by atoms with Crippen molar-refractivity contribution in [3.8, 4) is 0 Å². The Balaban J connectivity index is 2.49. The molecule has 1 aromatic carbocycles. The highest BCUT2D eigenvalue weighted by Crippen LogP contribution is 2.11. The highest BCUT2D eigenvalue weighted by atomic mass is 16.3. The van der Waals surface area contributed by atoms with Gasteiger partial charge in [0.15, 0.2) is 0 Å². The zero-order valence-corrected chi connectivity index (χ0v) is 9.92. The maximum absolute atomic E-state index is 9.76. The first kappa shape index (κ1) is 14.5. The normalized spacial score (nSPS) is 15.5. The second kappa shape index (κ2) is 7.68. The summed E-state index contributed by atoms with van der Waals surface area (Å²) >= 11 is 0. The van der Waals surface area contributed by atoms with Crippen molar-refractivity contribution in [3.05, 3.63) is 46.3 Å². The van der Waals surface area contributed by atoms with Gasteiger partial charge in [-0.25, -0.2) is 0 Å². The van der Waals surface area contributed by atoms with Gasteiger partial charge in [-0.3, -0.25) is 0 Å². The quantitative estimate of drug-likeness (QED) is 0.382. The van der Waals surface area contributed by atoms with Crippen molar-refractivity contribution in [2.45, 2.75) is 31.1 Å². The van der Waals surface area contributed by atoms with Crippen LogP contribution in [0.1, 0.15) is 12.0 Å². The fourth-order valence-corrected chi connectivity index (χ4v) is 1.67. The first-order valence-corrected chi connectivity index (χ1v) is 5.74. The number of aliphatic hydroxyl groups excluding tert-OH is 3. The summed E-state index contributed by atoms with van der Waals surface area (Å²) in [6.07, 6.45) is -1.35. The molecule has 18 heavy (non-hydrogen) atoms. The Morgan fingerprint density at radius 1 is 1.22 bits per heavy atom. The van der Waals surface area contributed by atoms with E-state index >= 15 is 0 Å². The van der Waals surface area contributed by atoms with E-state index in [1.54, 1.807) is 0 Å². The first-order valence-electron chi connectivity index (χ1n) is 5.74. The van der Waals surface area contributed by atoms with E-state index in [4.69, 9.17) is 10.6 Å². The van der Waals surface area contributed by atoms with E-state index in [1.165, 1.54) is 0 Å². The van der Waals surface area contributed by atoms with Gasteiger partial charge in [0.2, 0.25) is 0 Å². The number of aryl methyl sites for hydroxylation is 1. The van der Waals surface area contributed by atoms with Gasteiger partial charge >= 0.3 is 0 Å². The van der Waals surface area contributed by atoms with Crippen LogP contribution in [-0.4, -0.2) is 40.2 Å². The molecule has 0 radical (unpaired) electrons. The summed E-state index contributed by atoms with van der Waals surface area (Å²) < 4.78 is 0.